The number of furan rings is 2. The Kier molecular flexibility index (Phi) is 7.38. The third-order valence-electron chi connectivity index (χ3n) is 5.28. The number of hydrogen-bond donors (Lipinski definition) is 2. The van der Waals surface area contributed by atoms with E-state index in [0.717, 1.165) is 11.8 Å². The zero-order valence-electron chi connectivity index (χ0n) is 20.6. The second-order valence-electron chi connectivity index (χ2n) is 8.15. The van der Waals surface area contributed by atoms with Gasteiger partial charge in [0.1, 0.15) is 5.69 Å². The molecule has 1 aromatic carbocycles. The fraction of sp³-hybridized carbons (Fsp3) is 0.120. The minimum Gasteiger partial charge on any atom is -0.463 e. The van der Waals surface area contributed by atoms with Crippen LogP contribution in [-0.4, -0.2) is 44.7 Å². The summed E-state index contributed by atoms with van der Waals surface area (Å²) in [6.07, 6.45) is 4.51. The van der Waals surface area contributed by atoms with Crippen LogP contribution in [0.4, 0.5) is 11.6 Å². The van der Waals surface area contributed by atoms with Crippen LogP contribution in [0.1, 0.15) is 12.6 Å². The number of aromatic nitrogens is 5. The maximum atomic E-state index is 12.9. The normalized spacial score (nSPS) is 12.2. The molecule has 0 saturated heterocycles. The molecule has 0 spiro atoms. The van der Waals surface area contributed by atoms with Gasteiger partial charge in [-0.15, -0.1) is 10.2 Å². The van der Waals surface area contributed by atoms with E-state index >= 15 is 0 Å². The lowest BCUT2D eigenvalue weighted by atomic mass is 10.2. The van der Waals surface area contributed by atoms with Crippen LogP contribution in [0, 0.1) is 6.92 Å². The van der Waals surface area contributed by atoms with Crippen molar-refractivity contribution in [2.45, 2.75) is 29.1 Å². The van der Waals surface area contributed by atoms with Gasteiger partial charge in [-0.05, 0) is 68.4 Å². The molecule has 12 nitrogen and oxygen atoms in total. The van der Waals surface area contributed by atoms with Gasteiger partial charge in [0, 0.05) is 17.6 Å². The number of sulfonamides is 1. The number of rotatable bonds is 9. The number of carbonyl (C=O) groups is 1. The Morgan fingerprint density at radius 2 is 1.62 bits per heavy atom. The molecule has 1 atom stereocenters. The number of nitrogens with zero attached hydrogens (tertiary/aromatic N) is 5. The Morgan fingerprint density at radius 3 is 2.26 bits per heavy atom. The summed E-state index contributed by atoms with van der Waals surface area (Å²) in [5.41, 5.74) is 1.89. The van der Waals surface area contributed by atoms with Crippen LogP contribution in [0.3, 0.4) is 0 Å². The van der Waals surface area contributed by atoms with Gasteiger partial charge in [0.15, 0.2) is 17.2 Å². The van der Waals surface area contributed by atoms with Gasteiger partial charge in [0.2, 0.25) is 17.0 Å². The second-order valence-corrected chi connectivity index (χ2v) is 11.1. The van der Waals surface area contributed by atoms with Crippen molar-refractivity contribution in [2.75, 3.05) is 10.0 Å². The molecule has 2 N–H and O–H groups in total. The predicted octanol–water partition coefficient (Wildman–Crippen LogP) is 4.41. The Balaban J connectivity index is 1.26. The number of aryl methyl sites for hydroxylation is 1. The van der Waals surface area contributed by atoms with Crippen molar-refractivity contribution in [3.63, 3.8) is 0 Å². The average molecular weight is 564 g/mol. The lowest BCUT2D eigenvalue weighted by Gasteiger charge is -2.12. The molecule has 4 heterocycles. The molecule has 1 unspecified atom stereocenters. The Morgan fingerprint density at radius 1 is 0.923 bits per heavy atom. The van der Waals surface area contributed by atoms with Gasteiger partial charge < -0.3 is 14.2 Å². The van der Waals surface area contributed by atoms with E-state index < -0.39 is 15.3 Å². The third-order valence-corrected chi connectivity index (χ3v) is 7.58. The van der Waals surface area contributed by atoms with Gasteiger partial charge in [-0.1, -0.05) is 11.8 Å². The van der Waals surface area contributed by atoms with E-state index in [1.807, 2.05) is 0 Å². The largest absolute Gasteiger partial charge is 0.463 e. The third kappa shape index (κ3) is 6.13. The van der Waals surface area contributed by atoms with Crippen LogP contribution >= 0.6 is 11.8 Å². The molecular formula is C25H21N7O5S2. The topological polar surface area (TPSA) is 166 Å². The smallest absolute Gasteiger partial charge is 0.264 e. The highest BCUT2D eigenvalue weighted by Crippen LogP contribution is 2.31. The summed E-state index contributed by atoms with van der Waals surface area (Å²) in [5.74, 6) is 0.604. The van der Waals surface area contributed by atoms with Crippen LogP contribution in [0.2, 0.25) is 0 Å². The Labute approximate surface area is 227 Å². The molecular weight excluding hydrogens is 542 g/mol. The summed E-state index contributed by atoms with van der Waals surface area (Å²) in [7, 11) is -3.90. The van der Waals surface area contributed by atoms with Crippen LogP contribution in [0.25, 0.3) is 22.9 Å². The first kappa shape index (κ1) is 26.1. The zero-order valence-corrected chi connectivity index (χ0v) is 22.2. The van der Waals surface area contributed by atoms with E-state index in [1.165, 1.54) is 43.0 Å². The van der Waals surface area contributed by atoms with Crippen LogP contribution in [0.5, 0.6) is 0 Å². The molecule has 0 bridgehead atoms. The van der Waals surface area contributed by atoms with Crippen LogP contribution in [0.15, 0.2) is 92.2 Å². The lowest BCUT2D eigenvalue weighted by Crippen LogP contribution is -2.23. The van der Waals surface area contributed by atoms with Gasteiger partial charge in [-0.3, -0.25) is 4.79 Å². The van der Waals surface area contributed by atoms with Gasteiger partial charge in [0.05, 0.1) is 22.7 Å². The predicted molar refractivity (Wildman–Crippen MR) is 143 cm³/mol. The zero-order chi connectivity index (χ0) is 27.4. The van der Waals surface area contributed by atoms with Gasteiger partial charge >= 0.3 is 0 Å². The molecule has 39 heavy (non-hydrogen) atoms. The second kappa shape index (κ2) is 11.0. The number of amides is 1. The molecule has 4 aromatic heterocycles. The lowest BCUT2D eigenvalue weighted by molar-refractivity contribution is -0.115. The van der Waals surface area contributed by atoms with Gasteiger partial charge in [-0.25, -0.2) is 28.1 Å². The fourth-order valence-electron chi connectivity index (χ4n) is 3.38. The molecule has 5 rings (SSSR count). The number of hydrogen-bond acceptors (Lipinski definition) is 11. The van der Waals surface area contributed by atoms with E-state index in [0.29, 0.717) is 34.3 Å². The maximum Gasteiger partial charge on any atom is 0.264 e. The molecule has 0 aliphatic rings. The first-order chi connectivity index (χ1) is 18.8. The van der Waals surface area contributed by atoms with E-state index in [4.69, 9.17) is 8.83 Å². The first-order valence-electron chi connectivity index (χ1n) is 11.5. The number of thioether (sulfide) groups is 1. The molecule has 198 valence electrons. The Hall–Kier alpha value is -4.56. The fourth-order valence-corrected chi connectivity index (χ4v) is 5.04. The molecule has 1 amide bonds. The van der Waals surface area contributed by atoms with E-state index in [2.05, 4.69) is 35.2 Å². The summed E-state index contributed by atoms with van der Waals surface area (Å²) < 4.78 is 38.6. The summed E-state index contributed by atoms with van der Waals surface area (Å²) in [5, 5.41) is 10.8. The quantitative estimate of drug-likeness (QED) is 0.244. The molecule has 0 fully saturated rings. The monoisotopic (exact) mass is 563 g/mol. The minimum atomic E-state index is -3.90. The minimum absolute atomic E-state index is 0.00500. The number of carbonyl (C=O) groups excluding carboxylic acids is 1. The van der Waals surface area contributed by atoms with Crippen LogP contribution in [-0.2, 0) is 14.8 Å². The highest BCUT2D eigenvalue weighted by Gasteiger charge is 2.22. The maximum absolute atomic E-state index is 12.9. The van der Waals surface area contributed by atoms with Gasteiger partial charge in [0.25, 0.3) is 10.0 Å². The number of nitrogens with one attached hydrogen (secondary N) is 2. The van der Waals surface area contributed by atoms with Crippen LogP contribution < -0.4 is 10.0 Å². The van der Waals surface area contributed by atoms with Crippen molar-refractivity contribution in [2.24, 2.45) is 0 Å². The first-order valence-corrected chi connectivity index (χ1v) is 13.9. The van der Waals surface area contributed by atoms with E-state index in [1.54, 1.807) is 44.2 Å². The molecule has 0 saturated carbocycles. The summed E-state index contributed by atoms with van der Waals surface area (Å²) >= 11 is 1.11. The summed E-state index contributed by atoms with van der Waals surface area (Å²) in [6, 6.07) is 14.3. The van der Waals surface area contributed by atoms with Crippen molar-refractivity contribution in [1.29, 1.82) is 0 Å². The van der Waals surface area contributed by atoms with Gasteiger partial charge in [-0.2, -0.15) is 0 Å². The SMILES string of the molecule is Cc1ccnc(NS(=O)(=O)c2ccc(NC(=O)C(C)Sc3nnc(-c4ccco4)c(-c4ccco4)n3)cc2)n1. The number of benzene rings is 1. The van der Waals surface area contributed by atoms with Crippen molar-refractivity contribution < 1.29 is 22.0 Å². The molecule has 0 aliphatic carbocycles. The van der Waals surface area contributed by atoms with Crippen molar-refractivity contribution in [3.8, 4) is 22.9 Å². The summed E-state index contributed by atoms with van der Waals surface area (Å²) in [4.78, 5) is 25.4. The highest BCUT2D eigenvalue weighted by atomic mass is 32.2. The standard InChI is InChI=1S/C25H21N7O5S2/c1-15-11-12-26-24(27-15)32-39(34,35)18-9-7-17(8-10-18)28-23(33)16(2)38-25-29-21(19-5-3-13-36-19)22(30-31-25)20-6-4-14-37-20/h3-14,16H,1-2H3,(H,28,33)(H,26,27,32). The molecule has 14 heteroatoms. The molecule has 0 radical (unpaired) electrons. The van der Waals surface area contributed by atoms with E-state index in [-0.39, 0.29) is 21.9 Å². The van der Waals surface area contributed by atoms with Crippen molar-refractivity contribution in [1.82, 2.24) is 25.1 Å². The van der Waals surface area contributed by atoms with Crippen molar-refractivity contribution in [3.05, 3.63) is 79.0 Å². The molecule has 0 aliphatic heterocycles. The summed E-state index contributed by atoms with van der Waals surface area (Å²) in [6.45, 7) is 3.42. The highest BCUT2D eigenvalue weighted by molar-refractivity contribution is 8.00. The average Bonchev–Trinajstić information content (AvgIpc) is 3.64. The van der Waals surface area contributed by atoms with Crippen molar-refractivity contribution >= 4 is 39.3 Å². The number of anilines is 2. The molecule has 5 aromatic rings. The Bertz CT molecular complexity index is 1690. The van der Waals surface area contributed by atoms with E-state index in [9.17, 15) is 13.2 Å².